The zero-order valence-electron chi connectivity index (χ0n) is 17.4. The Labute approximate surface area is 179 Å². The van der Waals surface area contributed by atoms with Crippen molar-refractivity contribution >= 4 is 17.6 Å². The molecule has 0 radical (unpaired) electrons. The molecule has 1 N–H and O–H groups in total. The number of nitrogens with one attached hydrogen (secondary N) is 1. The van der Waals surface area contributed by atoms with E-state index in [0.29, 0.717) is 30.4 Å². The van der Waals surface area contributed by atoms with Crippen LogP contribution in [0.15, 0.2) is 29.3 Å². The van der Waals surface area contributed by atoms with Crippen molar-refractivity contribution in [2.75, 3.05) is 46.0 Å². The van der Waals surface area contributed by atoms with E-state index in [0.717, 1.165) is 63.8 Å². The number of piperidine rings is 1. The van der Waals surface area contributed by atoms with Crippen molar-refractivity contribution in [3.05, 3.63) is 29.3 Å². The summed E-state index contributed by atoms with van der Waals surface area (Å²) < 4.78 is 17.6. The second-order valence-corrected chi connectivity index (χ2v) is 7.98. The molecule has 2 aliphatic rings. The Balaban J connectivity index is 1.38. The lowest BCUT2D eigenvalue weighted by atomic mass is 10.1. The maximum absolute atomic E-state index is 6.13. The van der Waals surface area contributed by atoms with Crippen LogP contribution in [-0.4, -0.2) is 69.1 Å². The Bertz CT molecular complexity index is 612. The van der Waals surface area contributed by atoms with Gasteiger partial charge in [-0.25, -0.2) is 4.99 Å². The highest BCUT2D eigenvalue weighted by Gasteiger charge is 2.23. The van der Waals surface area contributed by atoms with Crippen LogP contribution in [0.3, 0.4) is 0 Å². The lowest BCUT2D eigenvalue weighted by Gasteiger charge is -2.35. The monoisotopic (exact) mass is 423 g/mol. The van der Waals surface area contributed by atoms with E-state index in [-0.39, 0.29) is 0 Å². The normalized spacial score (nSPS) is 21.2. The number of hydrogen-bond acceptors (Lipinski definition) is 4. The molecule has 3 rings (SSSR count). The molecular weight excluding hydrogens is 390 g/mol. The van der Waals surface area contributed by atoms with Crippen LogP contribution in [0.25, 0.3) is 0 Å². The number of nitrogens with zero attached hydrogens (tertiary/aromatic N) is 2. The van der Waals surface area contributed by atoms with Crippen LogP contribution in [0, 0.1) is 0 Å². The molecule has 1 unspecified atom stereocenters. The van der Waals surface area contributed by atoms with E-state index >= 15 is 0 Å². The molecule has 6 nitrogen and oxygen atoms in total. The molecular formula is C22H34ClN3O3. The number of ether oxygens (including phenoxy) is 3. The molecule has 0 amide bonds. The van der Waals surface area contributed by atoms with Gasteiger partial charge in [0.05, 0.1) is 25.4 Å². The topological polar surface area (TPSA) is 55.3 Å². The standard InChI is InChI=1S/C22H34ClN3O3/c1-2-24-22(25-12-16-28-19-8-6-18(23)7-9-19)26-13-10-20(11-14-26)29-17-21-5-3-4-15-27-21/h6-9,20-21H,2-5,10-17H2,1H3,(H,24,25). The van der Waals surface area contributed by atoms with Crippen molar-refractivity contribution in [3.8, 4) is 5.75 Å². The number of aliphatic imine (C=N–C) groups is 1. The van der Waals surface area contributed by atoms with Gasteiger partial charge in [0.1, 0.15) is 12.4 Å². The molecule has 0 aliphatic carbocycles. The minimum Gasteiger partial charge on any atom is -0.492 e. The Morgan fingerprint density at radius 2 is 2.00 bits per heavy atom. The third-order valence-electron chi connectivity index (χ3n) is 5.30. The van der Waals surface area contributed by atoms with Gasteiger partial charge in [-0.2, -0.15) is 0 Å². The fraction of sp³-hybridized carbons (Fsp3) is 0.682. The average Bonchev–Trinajstić information content (AvgIpc) is 2.77. The van der Waals surface area contributed by atoms with Crippen molar-refractivity contribution in [2.24, 2.45) is 4.99 Å². The highest BCUT2D eigenvalue weighted by molar-refractivity contribution is 6.30. The Morgan fingerprint density at radius 3 is 2.69 bits per heavy atom. The SMILES string of the molecule is CCNC(=NCCOc1ccc(Cl)cc1)N1CCC(OCC2CCCCO2)CC1. The van der Waals surface area contributed by atoms with E-state index in [1.807, 2.05) is 24.3 Å². The molecule has 1 atom stereocenters. The first kappa shape index (κ1) is 22.2. The zero-order valence-corrected chi connectivity index (χ0v) is 18.2. The van der Waals surface area contributed by atoms with Crippen LogP contribution in [-0.2, 0) is 9.47 Å². The van der Waals surface area contributed by atoms with Gasteiger partial charge in [-0.15, -0.1) is 0 Å². The van der Waals surface area contributed by atoms with Gasteiger partial charge in [0.2, 0.25) is 0 Å². The molecule has 2 aliphatic heterocycles. The van der Waals surface area contributed by atoms with Gasteiger partial charge in [-0.05, 0) is 63.3 Å². The summed E-state index contributed by atoms with van der Waals surface area (Å²) in [7, 11) is 0. The lowest BCUT2D eigenvalue weighted by molar-refractivity contribution is -0.0721. The molecule has 1 aromatic rings. The number of rotatable bonds is 8. The molecule has 2 heterocycles. The highest BCUT2D eigenvalue weighted by atomic mass is 35.5. The minimum atomic E-state index is 0.293. The van der Waals surface area contributed by atoms with E-state index in [4.69, 9.17) is 30.8 Å². The van der Waals surface area contributed by atoms with Crippen LogP contribution in [0.5, 0.6) is 5.75 Å². The molecule has 1 aromatic carbocycles. The first-order valence-corrected chi connectivity index (χ1v) is 11.3. The predicted octanol–water partition coefficient (Wildman–Crippen LogP) is 3.73. The summed E-state index contributed by atoms with van der Waals surface area (Å²) in [6.45, 7) is 7.64. The van der Waals surface area contributed by atoms with Gasteiger partial charge in [0.15, 0.2) is 5.96 Å². The molecule has 162 valence electrons. The van der Waals surface area contributed by atoms with Gasteiger partial charge in [-0.1, -0.05) is 11.6 Å². The quantitative estimate of drug-likeness (QED) is 0.392. The zero-order chi connectivity index (χ0) is 20.3. The summed E-state index contributed by atoms with van der Waals surface area (Å²) in [6.07, 6.45) is 6.25. The summed E-state index contributed by atoms with van der Waals surface area (Å²) in [5.74, 6) is 1.77. The van der Waals surface area contributed by atoms with Crippen LogP contribution in [0.4, 0.5) is 0 Å². The van der Waals surface area contributed by atoms with Crippen molar-refractivity contribution in [1.82, 2.24) is 10.2 Å². The van der Waals surface area contributed by atoms with Gasteiger partial charge >= 0.3 is 0 Å². The third kappa shape index (κ3) is 7.68. The fourth-order valence-corrected chi connectivity index (χ4v) is 3.81. The maximum Gasteiger partial charge on any atom is 0.194 e. The van der Waals surface area contributed by atoms with E-state index in [1.165, 1.54) is 12.8 Å². The first-order valence-electron chi connectivity index (χ1n) is 10.9. The average molecular weight is 424 g/mol. The van der Waals surface area contributed by atoms with Crippen molar-refractivity contribution < 1.29 is 14.2 Å². The molecule has 29 heavy (non-hydrogen) atoms. The van der Waals surface area contributed by atoms with E-state index in [9.17, 15) is 0 Å². The van der Waals surface area contributed by atoms with Crippen molar-refractivity contribution in [1.29, 1.82) is 0 Å². The van der Waals surface area contributed by atoms with Crippen LogP contribution < -0.4 is 10.1 Å². The summed E-state index contributed by atoms with van der Waals surface area (Å²) in [6, 6.07) is 7.41. The first-order chi connectivity index (χ1) is 14.2. The fourth-order valence-electron chi connectivity index (χ4n) is 3.69. The Hall–Kier alpha value is -1.50. The summed E-state index contributed by atoms with van der Waals surface area (Å²) in [5, 5.41) is 4.11. The summed E-state index contributed by atoms with van der Waals surface area (Å²) >= 11 is 5.90. The van der Waals surface area contributed by atoms with Crippen LogP contribution in [0.2, 0.25) is 5.02 Å². The lowest BCUT2D eigenvalue weighted by Crippen LogP contribution is -2.47. The van der Waals surface area contributed by atoms with Crippen LogP contribution >= 0.6 is 11.6 Å². The largest absolute Gasteiger partial charge is 0.492 e. The van der Waals surface area contributed by atoms with E-state index in [1.54, 1.807) is 0 Å². The second-order valence-electron chi connectivity index (χ2n) is 7.55. The number of hydrogen-bond donors (Lipinski definition) is 1. The number of guanidine groups is 1. The molecule has 2 fully saturated rings. The van der Waals surface area contributed by atoms with Gasteiger partial charge in [0.25, 0.3) is 0 Å². The van der Waals surface area contributed by atoms with E-state index in [2.05, 4.69) is 17.1 Å². The minimum absolute atomic E-state index is 0.293. The predicted molar refractivity (Wildman–Crippen MR) is 117 cm³/mol. The van der Waals surface area contributed by atoms with E-state index < -0.39 is 0 Å². The van der Waals surface area contributed by atoms with Gasteiger partial charge in [-0.3, -0.25) is 0 Å². The molecule has 0 spiro atoms. The summed E-state index contributed by atoms with van der Waals surface area (Å²) in [5.41, 5.74) is 0. The van der Waals surface area contributed by atoms with Gasteiger partial charge < -0.3 is 24.4 Å². The second kappa shape index (κ2) is 12.3. The smallest absolute Gasteiger partial charge is 0.194 e. The van der Waals surface area contributed by atoms with Gasteiger partial charge in [0, 0.05) is 31.3 Å². The molecule has 0 aromatic heterocycles. The third-order valence-corrected chi connectivity index (χ3v) is 5.56. The van der Waals surface area contributed by atoms with Crippen molar-refractivity contribution in [3.63, 3.8) is 0 Å². The van der Waals surface area contributed by atoms with Crippen molar-refractivity contribution in [2.45, 2.75) is 51.2 Å². The number of halogens is 1. The highest BCUT2D eigenvalue weighted by Crippen LogP contribution is 2.18. The Morgan fingerprint density at radius 1 is 1.21 bits per heavy atom. The number of benzene rings is 1. The summed E-state index contributed by atoms with van der Waals surface area (Å²) in [4.78, 5) is 7.06. The molecule has 2 saturated heterocycles. The maximum atomic E-state index is 6.13. The molecule has 0 saturated carbocycles. The van der Waals surface area contributed by atoms with Crippen LogP contribution in [0.1, 0.15) is 39.0 Å². The number of likely N-dealkylation sites (tertiary alicyclic amines) is 1. The molecule has 7 heteroatoms. The Kier molecular flexibility index (Phi) is 9.38. The molecule has 0 bridgehead atoms.